The Balaban J connectivity index is 1.51. The number of nitrogens with one attached hydrogen (secondary N) is 2. The number of halogens is 2. The number of esters is 2. The fourth-order valence-electron chi connectivity index (χ4n) is 3.26. The van der Waals surface area contributed by atoms with Gasteiger partial charge in [-0.05, 0) is 97.1 Å². The molecule has 0 spiro atoms. The van der Waals surface area contributed by atoms with Crippen LogP contribution in [0.1, 0.15) is 26.3 Å². The molecular formula is C29H21Cl2N3O5S. The molecule has 0 aliphatic rings. The van der Waals surface area contributed by atoms with Crippen LogP contribution in [0.3, 0.4) is 0 Å². The molecule has 202 valence electrons. The largest absolute Gasteiger partial charge is 0.497 e. The maximum atomic E-state index is 12.8. The molecule has 4 aromatic carbocycles. The van der Waals surface area contributed by atoms with E-state index in [0.29, 0.717) is 26.9 Å². The van der Waals surface area contributed by atoms with Crippen molar-refractivity contribution < 1.29 is 23.8 Å². The quantitative estimate of drug-likeness (QED) is 0.0760. The normalized spacial score (nSPS) is 10.6. The number of thiocarbonyl (C=S) groups is 1. The minimum Gasteiger partial charge on any atom is -0.497 e. The molecule has 4 aromatic rings. The Morgan fingerprint density at radius 3 is 1.90 bits per heavy atom. The molecule has 8 nitrogen and oxygen atoms in total. The molecule has 0 unspecified atom stereocenters. The number of anilines is 1. The van der Waals surface area contributed by atoms with Crippen LogP contribution in [0.25, 0.3) is 0 Å². The van der Waals surface area contributed by atoms with Crippen molar-refractivity contribution in [2.45, 2.75) is 0 Å². The highest BCUT2D eigenvalue weighted by atomic mass is 35.5. The number of methoxy groups -OCH3 is 1. The molecule has 0 aliphatic carbocycles. The first-order valence-electron chi connectivity index (χ1n) is 11.6. The second-order valence-electron chi connectivity index (χ2n) is 8.05. The van der Waals surface area contributed by atoms with Crippen LogP contribution in [0.5, 0.6) is 17.2 Å². The fourth-order valence-corrected chi connectivity index (χ4v) is 3.69. The second kappa shape index (κ2) is 13.6. The average molecular weight is 594 g/mol. The molecular weight excluding hydrogens is 573 g/mol. The van der Waals surface area contributed by atoms with E-state index >= 15 is 0 Å². The average Bonchev–Trinajstić information content (AvgIpc) is 2.95. The Kier molecular flexibility index (Phi) is 9.69. The Bertz CT molecular complexity index is 1540. The zero-order valence-electron chi connectivity index (χ0n) is 20.9. The molecule has 0 heterocycles. The summed E-state index contributed by atoms with van der Waals surface area (Å²) >= 11 is 17.1. The van der Waals surface area contributed by atoms with Crippen LogP contribution in [0.2, 0.25) is 10.0 Å². The summed E-state index contributed by atoms with van der Waals surface area (Å²) in [6.45, 7) is 0. The lowest BCUT2D eigenvalue weighted by Crippen LogP contribution is -2.23. The molecule has 2 N–H and O–H groups in total. The molecule has 4 rings (SSSR count). The molecule has 0 atom stereocenters. The summed E-state index contributed by atoms with van der Waals surface area (Å²) in [6.07, 6.45) is 1.41. The number of benzene rings is 4. The Morgan fingerprint density at radius 1 is 0.775 bits per heavy atom. The molecule has 0 bridgehead atoms. The van der Waals surface area contributed by atoms with E-state index in [9.17, 15) is 9.59 Å². The molecule has 40 heavy (non-hydrogen) atoms. The molecule has 0 fully saturated rings. The van der Waals surface area contributed by atoms with Gasteiger partial charge in [0, 0.05) is 27.4 Å². The highest BCUT2D eigenvalue weighted by Crippen LogP contribution is 2.26. The third-order valence-corrected chi connectivity index (χ3v) is 5.97. The number of hydrogen-bond acceptors (Lipinski definition) is 7. The molecule has 0 aliphatic heterocycles. The van der Waals surface area contributed by atoms with Gasteiger partial charge in [0.2, 0.25) is 0 Å². The Labute approximate surface area is 245 Å². The number of rotatable bonds is 8. The van der Waals surface area contributed by atoms with Gasteiger partial charge in [0.1, 0.15) is 17.2 Å². The zero-order valence-corrected chi connectivity index (χ0v) is 23.2. The van der Waals surface area contributed by atoms with E-state index < -0.39 is 11.9 Å². The van der Waals surface area contributed by atoms with Gasteiger partial charge < -0.3 is 19.5 Å². The predicted molar refractivity (Wildman–Crippen MR) is 159 cm³/mol. The molecule has 0 amide bonds. The first-order chi connectivity index (χ1) is 19.3. The van der Waals surface area contributed by atoms with Crippen molar-refractivity contribution in [2.75, 3.05) is 12.4 Å². The van der Waals surface area contributed by atoms with Crippen LogP contribution >= 0.6 is 35.4 Å². The number of nitrogens with zero attached hydrogens (tertiary/aromatic N) is 1. The summed E-state index contributed by atoms with van der Waals surface area (Å²) in [4.78, 5) is 25.4. The lowest BCUT2D eigenvalue weighted by molar-refractivity contribution is 0.0732. The summed E-state index contributed by atoms with van der Waals surface area (Å²) in [6, 6.07) is 24.2. The standard InChI is InChI=1S/C29H21Cl2N3O5S/c1-37-24-14-11-23(12-15-24)33-29(40)34-32-17-20-6-13-25(38-27(35)18-2-7-21(30)8-3-18)16-26(20)39-28(36)19-4-9-22(31)10-5-19/h2-17H,1H3,(H2,33,34,40). The summed E-state index contributed by atoms with van der Waals surface area (Å²) in [7, 11) is 1.58. The van der Waals surface area contributed by atoms with E-state index in [2.05, 4.69) is 15.8 Å². The second-order valence-corrected chi connectivity index (χ2v) is 9.33. The SMILES string of the molecule is COc1ccc(NC(=S)NN=Cc2ccc(OC(=O)c3ccc(Cl)cc3)cc2OC(=O)c2ccc(Cl)cc2)cc1. The van der Waals surface area contributed by atoms with Crippen molar-refractivity contribution in [2.24, 2.45) is 5.10 Å². The summed E-state index contributed by atoms with van der Waals surface area (Å²) in [5.74, 6) is -0.283. The van der Waals surface area contributed by atoms with Gasteiger partial charge in [-0.3, -0.25) is 5.43 Å². The molecule has 0 radical (unpaired) electrons. The number of carbonyl (C=O) groups excluding carboxylic acids is 2. The van der Waals surface area contributed by atoms with Gasteiger partial charge in [0.15, 0.2) is 5.11 Å². The molecule has 11 heteroatoms. The number of carbonyl (C=O) groups is 2. The lowest BCUT2D eigenvalue weighted by Gasteiger charge is -2.11. The Morgan fingerprint density at radius 2 is 1.32 bits per heavy atom. The first kappa shape index (κ1) is 28.6. The van der Waals surface area contributed by atoms with E-state index in [4.69, 9.17) is 49.6 Å². The minimum absolute atomic E-state index is 0.0981. The van der Waals surface area contributed by atoms with Crippen LogP contribution in [-0.4, -0.2) is 30.4 Å². The van der Waals surface area contributed by atoms with Gasteiger partial charge in [-0.2, -0.15) is 5.10 Å². The third-order valence-electron chi connectivity index (χ3n) is 5.28. The van der Waals surface area contributed by atoms with Crippen molar-refractivity contribution in [1.82, 2.24) is 5.43 Å². The predicted octanol–water partition coefficient (Wildman–Crippen LogP) is 6.76. The van der Waals surface area contributed by atoms with Crippen LogP contribution in [0, 0.1) is 0 Å². The van der Waals surface area contributed by atoms with Gasteiger partial charge in [0.25, 0.3) is 0 Å². The van der Waals surface area contributed by atoms with E-state index in [0.717, 1.165) is 5.69 Å². The highest BCUT2D eigenvalue weighted by molar-refractivity contribution is 7.80. The fraction of sp³-hybridized carbons (Fsp3) is 0.0345. The van der Waals surface area contributed by atoms with Gasteiger partial charge >= 0.3 is 11.9 Å². The van der Waals surface area contributed by atoms with E-state index in [-0.39, 0.29) is 22.2 Å². The van der Waals surface area contributed by atoms with Crippen LogP contribution in [0.4, 0.5) is 5.69 Å². The van der Waals surface area contributed by atoms with Crippen molar-refractivity contribution in [1.29, 1.82) is 0 Å². The summed E-state index contributed by atoms with van der Waals surface area (Å²) in [5, 5.41) is 8.33. The van der Waals surface area contributed by atoms with E-state index in [1.54, 1.807) is 79.9 Å². The molecule has 0 aromatic heterocycles. The number of hydrazone groups is 1. The van der Waals surface area contributed by atoms with Crippen molar-refractivity contribution in [3.8, 4) is 17.2 Å². The topological polar surface area (TPSA) is 98.2 Å². The lowest BCUT2D eigenvalue weighted by atomic mass is 10.2. The molecule has 0 saturated carbocycles. The maximum absolute atomic E-state index is 12.8. The van der Waals surface area contributed by atoms with Crippen molar-refractivity contribution in [3.05, 3.63) is 118 Å². The number of hydrogen-bond donors (Lipinski definition) is 2. The van der Waals surface area contributed by atoms with Crippen LogP contribution in [0.15, 0.2) is 96.1 Å². The van der Waals surface area contributed by atoms with Gasteiger partial charge in [-0.15, -0.1) is 0 Å². The third kappa shape index (κ3) is 8.03. The smallest absolute Gasteiger partial charge is 0.343 e. The number of ether oxygens (including phenoxy) is 3. The van der Waals surface area contributed by atoms with E-state index in [1.165, 1.54) is 24.4 Å². The zero-order chi connectivity index (χ0) is 28.5. The van der Waals surface area contributed by atoms with Crippen LogP contribution < -0.4 is 25.0 Å². The molecule has 0 saturated heterocycles. The highest BCUT2D eigenvalue weighted by Gasteiger charge is 2.15. The summed E-state index contributed by atoms with van der Waals surface area (Å²) in [5.41, 5.74) is 4.43. The van der Waals surface area contributed by atoms with Crippen LogP contribution in [-0.2, 0) is 0 Å². The summed E-state index contributed by atoms with van der Waals surface area (Å²) < 4.78 is 16.2. The monoisotopic (exact) mass is 593 g/mol. The van der Waals surface area contributed by atoms with Gasteiger partial charge in [-0.25, -0.2) is 9.59 Å². The van der Waals surface area contributed by atoms with Gasteiger partial charge in [0.05, 0.1) is 24.5 Å². The Hall–Kier alpha value is -4.44. The van der Waals surface area contributed by atoms with E-state index in [1.807, 2.05) is 0 Å². The first-order valence-corrected chi connectivity index (χ1v) is 12.8. The van der Waals surface area contributed by atoms with Gasteiger partial charge in [-0.1, -0.05) is 23.2 Å². The minimum atomic E-state index is -0.642. The van der Waals surface area contributed by atoms with Crippen molar-refractivity contribution >= 4 is 64.4 Å². The van der Waals surface area contributed by atoms with Crippen molar-refractivity contribution in [3.63, 3.8) is 0 Å². The maximum Gasteiger partial charge on any atom is 0.343 e.